The van der Waals surface area contributed by atoms with Crippen molar-refractivity contribution in [1.82, 2.24) is 4.31 Å². The lowest BCUT2D eigenvalue weighted by molar-refractivity contribution is -0.158. The number of rotatable bonds is 11. The van der Waals surface area contributed by atoms with E-state index in [9.17, 15) is 13.2 Å². The Bertz CT molecular complexity index is 1230. The van der Waals surface area contributed by atoms with Crippen LogP contribution < -0.4 is 9.64 Å². The monoisotopic (exact) mass is 620 g/mol. The van der Waals surface area contributed by atoms with Crippen LogP contribution in [0.5, 0.6) is 5.75 Å². The Morgan fingerprint density at radius 1 is 1.10 bits per heavy atom. The summed E-state index contributed by atoms with van der Waals surface area (Å²) in [5.41, 5.74) is -0.108. The number of hydrogen-bond donors (Lipinski definition) is 0. The fourth-order valence-corrected chi connectivity index (χ4v) is 11.9. The molecule has 3 aliphatic heterocycles. The van der Waals surface area contributed by atoms with E-state index < -0.39 is 29.6 Å². The molecule has 4 aliphatic rings. The number of sulfonamides is 1. The van der Waals surface area contributed by atoms with Gasteiger partial charge in [-0.3, -0.25) is 4.79 Å². The third kappa shape index (κ3) is 6.51. The minimum Gasteiger partial charge on any atom is -0.497 e. The maximum Gasteiger partial charge on any atom is 0.236 e. The molecular formula is C31H48N2O7SSi. The molecule has 234 valence electrons. The predicted octanol–water partition coefficient (Wildman–Crippen LogP) is 4.66. The first kappa shape index (κ1) is 31.7. The average Bonchev–Trinajstić information content (AvgIpc) is 3.73. The van der Waals surface area contributed by atoms with Crippen LogP contribution in [0.4, 0.5) is 5.69 Å². The number of benzene rings is 1. The zero-order valence-electron chi connectivity index (χ0n) is 25.8. The Labute approximate surface area is 252 Å². The van der Waals surface area contributed by atoms with Crippen LogP contribution in [0.2, 0.25) is 25.7 Å². The summed E-state index contributed by atoms with van der Waals surface area (Å²) in [7, 11) is -1.89. The number of amides is 1. The number of methoxy groups -OCH3 is 2. The summed E-state index contributed by atoms with van der Waals surface area (Å²) in [6.07, 6.45) is 8.09. The van der Waals surface area contributed by atoms with E-state index in [1.165, 1.54) is 0 Å². The first-order valence-corrected chi connectivity index (χ1v) is 20.7. The van der Waals surface area contributed by atoms with Crippen molar-refractivity contribution >= 4 is 29.7 Å². The zero-order valence-corrected chi connectivity index (χ0v) is 27.6. The Hall–Kier alpha value is -1.76. The van der Waals surface area contributed by atoms with Gasteiger partial charge in [0.2, 0.25) is 15.9 Å². The molecule has 3 heterocycles. The molecule has 1 aromatic carbocycles. The lowest BCUT2D eigenvalue weighted by Gasteiger charge is -2.52. The number of carbonyl (C=O) groups excluding carboxylic acids is 1. The molecule has 0 spiro atoms. The number of anilines is 1. The van der Waals surface area contributed by atoms with Crippen molar-refractivity contribution in [2.24, 2.45) is 11.3 Å². The maximum absolute atomic E-state index is 14.9. The molecule has 9 nitrogen and oxygen atoms in total. The molecule has 0 aromatic heterocycles. The first-order valence-electron chi connectivity index (χ1n) is 15.4. The smallest absolute Gasteiger partial charge is 0.236 e. The van der Waals surface area contributed by atoms with Gasteiger partial charge in [0.15, 0.2) is 0 Å². The SMILES string of the molecule is COCO[C@H]1C[C@H]2O[C@H]2[C@@]2(C[C@@H]3/C=C\CCCCN3S(=O)(=O)CC[Si](C)(C)C)C(=O)N(c3ccc(OC)cc3)CC[C@@H]12. The molecule has 11 heteroatoms. The van der Waals surface area contributed by atoms with E-state index in [1.54, 1.807) is 18.5 Å². The molecule has 0 bridgehead atoms. The van der Waals surface area contributed by atoms with Gasteiger partial charge in [0.1, 0.15) is 12.5 Å². The summed E-state index contributed by atoms with van der Waals surface area (Å²) >= 11 is 0. The maximum atomic E-state index is 14.9. The molecule has 0 radical (unpaired) electrons. The Morgan fingerprint density at radius 3 is 2.55 bits per heavy atom. The summed E-state index contributed by atoms with van der Waals surface area (Å²) < 4.78 is 52.8. The third-order valence-corrected chi connectivity index (χ3v) is 13.5. The number of epoxide rings is 1. The van der Waals surface area contributed by atoms with E-state index in [1.807, 2.05) is 35.2 Å². The number of piperidine rings is 1. The minimum atomic E-state index is -3.53. The van der Waals surface area contributed by atoms with E-state index in [2.05, 4.69) is 25.7 Å². The second kappa shape index (κ2) is 12.7. The van der Waals surface area contributed by atoms with Gasteiger partial charge in [-0.2, -0.15) is 4.31 Å². The molecule has 1 saturated carbocycles. The lowest BCUT2D eigenvalue weighted by atomic mass is 9.58. The van der Waals surface area contributed by atoms with Gasteiger partial charge in [-0.05, 0) is 62.4 Å². The summed E-state index contributed by atoms with van der Waals surface area (Å²) in [5, 5.41) is 0. The Kier molecular flexibility index (Phi) is 9.56. The molecule has 0 unspecified atom stereocenters. The first-order chi connectivity index (χ1) is 20.0. The van der Waals surface area contributed by atoms with Gasteiger partial charge < -0.3 is 23.8 Å². The molecule has 1 aliphatic carbocycles. The normalized spacial score (nSPS) is 32.8. The van der Waals surface area contributed by atoms with Crippen molar-refractivity contribution < 1.29 is 32.2 Å². The highest BCUT2D eigenvalue weighted by molar-refractivity contribution is 7.89. The highest BCUT2D eigenvalue weighted by atomic mass is 32.2. The van der Waals surface area contributed by atoms with E-state index in [4.69, 9.17) is 18.9 Å². The van der Waals surface area contributed by atoms with Gasteiger partial charge in [-0.15, -0.1) is 0 Å². The number of nitrogens with zero attached hydrogens (tertiary/aromatic N) is 2. The van der Waals surface area contributed by atoms with Gasteiger partial charge in [0, 0.05) is 52.3 Å². The highest BCUT2D eigenvalue weighted by Gasteiger charge is 2.70. The molecular weight excluding hydrogens is 573 g/mol. The standard InChI is InChI=1S/C31H48N2O7SSi/c1-37-22-39-27-20-28-29(40-28)31(26(27)15-17-32(30(31)34)23-11-13-25(38-2)14-12-23)21-24-10-8-6-7-9-16-33(24)41(35,36)18-19-42(3,4)5/h8,10-14,24,26-29H,6-7,9,15-22H2,1-5H3/b10-8-/t24-,26-,27-,28+,29+,31-/m0/s1. The highest BCUT2D eigenvalue weighted by Crippen LogP contribution is 2.59. The molecule has 6 atom stereocenters. The average molecular weight is 621 g/mol. The second-order valence-corrected chi connectivity index (χ2v) is 21.1. The van der Waals surface area contributed by atoms with Crippen LogP contribution >= 0.6 is 0 Å². The Morgan fingerprint density at radius 2 is 1.86 bits per heavy atom. The number of allylic oxidation sites excluding steroid dienone is 1. The van der Waals surface area contributed by atoms with Gasteiger partial charge in [0.25, 0.3) is 0 Å². The van der Waals surface area contributed by atoms with Crippen molar-refractivity contribution in [2.45, 2.75) is 88.6 Å². The molecule has 2 saturated heterocycles. The molecule has 1 amide bonds. The van der Waals surface area contributed by atoms with Crippen molar-refractivity contribution in [2.75, 3.05) is 44.8 Å². The van der Waals surface area contributed by atoms with E-state index in [-0.39, 0.29) is 42.7 Å². The number of ether oxygens (including phenoxy) is 4. The number of hydrogen-bond acceptors (Lipinski definition) is 7. The van der Waals surface area contributed by atoms with Gasteiger partial charge in [-0.25, -0.2) is 8.42 Å². The van der Waals surface area contributed by atoms with Crippen LogP contribution in [0.3, 0.4) is 0 Å². The predicted molar refractivity (Wildman–Crippen MR) is 166 cm³/mol. The molecule has 3 fully saturated rings. The summed E-state index contributed by atoms with van der Waals surface area (Å²) in [6, 6.07) is 7.86. The van der Waals surface area contributed by atoms with Gasteiger partial charge >= 0.3 is 0 Å². The third-order valence-electron chi connectivity index (χ3n) is 9.50. The second-order valence-electron chi connectivity index (χ2n) is 13.5. The van der Waals surface area contributed by atoms with E-state index in [0.29, 0.717) is 25.6 Å². The topological polar surface area (TPSA) is 97.9 Å². The number of carbonyl (C=O) groups is 1. The van der Waals surface area contributed by atoms with Crippen molar-refractivity contribution in [3.05, 3.63) is 36.4 Å². The summed E-state index contributed by atoms with van der Waals surface area (Å²) in [6.45, 7) is 7.79. The van der Waals surface area contributed by atoms with Crippen molar-refractivity contribution in [3.8, 4) is 5.75 Å². The van der Waals surface area contributed by atoms with E-state index in [0.717, 1.165) is 43.5 Å². The number of fused-ring (bicyclic) bond motifs is 3. The van der Waals surface area contributed by atoms with Crippen LogP contribution in [0, 0.1) is 11.3 Å². The van der Waals surface area contributed by atoms with Gasteiger partial charge in [0.05, 0.1) is 36.6 Å². The van der Waals surface area contributed by atoms with Crippen molar-refractivity contribution in [3.63, 3.8) is 0 Å². The van der Waals surface area contributed by atoms with Crippen LogP contribution in [0.15, 0.2) is 36.4 Å². The fourth-order valence-electron chi connectivity index (χ4n) is 7.22. The van der Waals surface area contributed by atoms with Crippen LogP contribution in [0.25, 0.3) is 0 Å². The molecule has 42 heavy (non-hydrogen) atoms. The summed E-state index contributed by atoms with van der Waals surface area (Å²) in [5.74, 6) is 0.768. The van der Waals surface area contributed by atoms with E-state index >= 15 is 0 Å². The quantitative estimate of drug-likeness (QED) is 0.154. The molecule has 0 N–H and O–H groups in total. The minimum absolute atomic E-state index is 0.00274. The molecule has 5 rings (SSSR count). The largest absolute Gasteiger partial charge is 0.497 e. The van der Waals surface area contributed by atoms with Crippen molar-refractivity contribution in [1.29, 1.82) is 0 Å². The van der Waals surface area contributed by atoms with Crippen LogP contribution in [0.1, 0.15) is 38.5 Å². The lowest BCUT2D eigenvalue weighted by Crippen LogP contribution is -2.64. The molecule has 1 aromatic rings. The van der Waals surface area contributed by atoms with Crippen LogP contribution in [-0.2, 0) is 29.0 Å². The van der Waals surface area contributed by atoms with Crippen LogP contribution in [-0.4, -0.2) is 90.9 Å². The fraction of sp³-hybridized carbons (Fsp3) is 0.710. The zero-order chi connectivity index (χ0) is 30.1. The Balaban J connectivity index is 1.54. The van der Waals surface area contributed by atoms with Gasteiger partial charge in [-0.1, -0.05) is 31.8 Å². The summed E-state index contributed by atoms with van der Waals surface area (Å²) in [4.78, 5) is 16.7.